The quantitative estimate of drug-likeness (QED) is 0.750. The summed E-state index contributed by atoms with van der Waals surface area (Å²) < 4.78 is 0. The normalized spacial score (nSPS) is 20.3. The van der Waals surface area contributed by atoms with E-state index in [9.17, 15) is 5.11 Å². The van der Waals surface area contributed by atoms with E-state index in [0.29, 0.717) is 29.2 Å². The number of aryl methyl sites for hydroxylation is 1. The van der Waals surface area contributed by atoms with Crippen LogP contribution in [0.4, 0.5) is 17.5 Å². The third-order valence-corrected chi connectivity index (χ3v) is 4.75. The van der Waals surface area contributed by atoms with Gasteiger partial charge in [0.1, 0.15) is 23.1 Å². The number of hydrogen-bond acceptors (Lipinski definition) is 7. The Morgan fingerprint density at radius 2 is 2.08 bits per heavy atom. The minimum absolute atomic E-state index is 0.504. The van der Waals surface area contributed by atoms with E-state index in [2.05, 4.69) is 25.3 Å². The number of hydrogen-bond donors (Lipinski definition) is 2. The van der Waals surface area contributed by atoms with E-state index in [0.717, 1.165) is 30.6 Å². The van der Waals surface area contributed by atoms with Gasteiger partial charge in [-0.3, -0.25) is 0 Å². The molecule has 0 spiro atoms. The van der Waals surface area contributed by atoms with E-state index in [-0.39, 0.29) is 0 Å². The van der Waals surface area contributed by atoms with Gasteiger partial charge in [0, 0.05) is 12.2 Å². The average Bonchev–Trinajstić information content (AvgIpc) is 2.61. The zero-order chi connectivity index (χ0) is 18.1. The summed E-state index contributed by atoms with van der Waals surface area (Å²) in [4.78, 5) is 19.6. The molecule has 3 heterocycles. The number of rotatable bonds is 3. The molecular weight excluding hydrogens is 328 g/mol. The zero-order valence-electron chi connectivity index (χ0n) is 15.0. The monoisotopic (exact) mass is 350 g/mol. The Bertz CT molecular complexity index is 942. The molecule has 0 saturated carbocycles. The number of anilines is 3. The third-order valence-electron chi connectivity index (χ3n) is 4.75. The van der Waals surface area contributed by atoms with Crippen LogP contribution in [0.2, 0.25) is 0 Å². The maximum absolute atomic E-state index is 10.7. The molecule has 3 aromatic rings. The Hall–Kier alpha value is -2.80. The molecule has 1 saturated heterocycles. The van der Waals surface area contributed by atoms with Gasteiger partial charge in [0.15, 0.2) is 5.82 Å². The zero-order valence-corrected chi connectivity index (χ0v) is 15.0. The Morgan fingerprint density at radius 1 is 1.19 bits per heavy atom. The predicted octanol–water partition coefficient (Wildman–Crippen LogP) is 3.17. The van der Waals surface area contributed by atoms with Crippen molar-refractivity contribution in [2.45, 2.75) is 38.8 Å². The van der Waals surface area contributed by atoms with Gasteiger partial charge in [-0.15, -0.1) is 0 Å². The summed E-state index contributed by atoms with van der Waals surface area (Å²) in [5.41, 5.74) is 2.46. The lowest BCUT2D eigenvalue weighted by molar-refractivity contribution is 0.0301. The van der Waals surface area contributed by atoms with Gasteiger partial charge in [-0.25, -0.2) is 19.9 Å². The van der Waals surface area contributed by atoms with Crippen molar-refractivity contribution in [3.05, 3.63) is 42.4 Å². The van der Waals surface area contributed by atoms with E-state index < -0.39 is 5.72 Å². The highest BCUT2D eigenvalue weighted by atomic mass is 16.3. The minimum Gasteiger partial charge on any atom is -0.371 e. The first-order valence-electron chi connectivity index (χ1n) is 8.84. The fourth-order valence-electron chi connectivity index (χ4n) is 3.35. The minimum atomic E-state index is -0.939. The Morgan fingerprint density at radius 3 is 2.88 bits per heavy atom. The van der Waals surface area contributed by atoms with Crippen molar-refractivity contribution in [3.63, 3.8) is 0 Å². The van der Waals surface area contributed by atoms with Crippen molar-refractivity contribution < 1.29 is 5.11 Å². The van der Waals surface area contributed by atoms with Gasteiger partial charge < -0.3 is 15.3 Å². The Labute approximate surface area is 152 Å². The third kappa shape index (κ3) is 3.17. The number of nitrogens with zero attached hydrogens (tertiary/aromatic N) is 5. The van der Waals surface area contributed by atoms with Crippen molar-refractivity contribution >= 4 is 28.5 Å². The summed E-state index contributed by atoms with van der Waals surface area (Å²) in [5.74, 6) is 1.13. The lowest BCUT2D eigenvalue weighted by atomic mass is 10.0. The molecule has 1 atom stereocenters. The largest absolute Gasteiger partial charge is 0.371 e. The summed E-state index contributed by atoms with van der Waals surface area (Å²) in [6.45, 7) is 4.59. The number of benzene rings is 1. The topological polar surface area (TPSA) is 87.1 Å². The maximum atomic E-state index is 10.7. The van der Waals surface area contributed by atoms with Crippen LogP contribution < -0.4 is 10.2 Å². The fourth-order valence-corrected chi connectivity index (χ4v) is 3.35. The lowest BCUT2D eigenvalue weighted by Gasteiger charge is -2.40. The second-order valence-corrected chi connectivity index (χ2v) is 6.95. The number of aromatic nitrogens is 4. The summed E-state index contributed by atoms with van der Waals surface area (Å²) in [6.07, 6.45) is 5.90. The molecule has 1 aromatic carbocycles. The summed E-state index contributed by atoms with van der Waals surface area (Å²) >= 11 is 0. The highest BCUT2D eigenvalue weighted by Gasteiger charge is 2.33. The summed E-state index contributed by atoms with van der Waals surface area (Å²) in [5, 5.41) is 14.0. The van der Waals surface area contributed by atoms with E-state index in [1.54, 1.807) is 6.20 Å². The molecule has 0 radical (unpaired) electrons. The van der Waals surface area contributed by atoms with Gasteiger partial charge in [-0.1, -0.05) is 12.1 Å². The van der Waals surface area contributed by atoms with Crippen molar-refractivity contribution in [3.8, 4) is 0 Å². The van der Waals surface area contributed by atoms with E-state index in [4.69, 9.17) is 0 Å². The molecule has 1 fully saturated rings. The molecule has 1 aliphatic rings. The molecule has 134 valence electrons. The van der Waals surface area contributed by atoms with Crippen LogP contribution in [-0.2, 0) is 0 Å². The van der Waals surface area contributed by atoms with Crippen LogP contribution in [0.1, 0.15) is 31.7 Å². The second kappa shape index (κ2) is 6.49. The average molecular weight is 350 g/mol. The van der Waals surface area contributed by atoms with Crippen LogP contribution in [0.3, 0.4) is 0 Å². The van der Waals surface area contributed by atoms with Gasteiger partial charge in [-0.2, -0.15) is 0 Å². The molecule has 0 amide bonds. The highest BCUT2D eigenvalue weighted by Crippen LogP contribution is 2.30. The molecule has 0 bridgehead atoms. The number of nitrogens with one attached hydrogen (secondary N) is 1. The van der Waals surface area contributed by atoms with Crippen molar-refractivity contribution in [1.82, 2.24) is 19.9 Å². The van der Waals surface area contributed by atoms with Gasteiger partial charge in [0.05, 0.1) is 6.20 Å². The Kier molecular flexibility index (Phi) is 4.16. The second-order valence-electron chi connectivity index (χ2n) is 6.95. The Balaban J connectivity index is 1.75. The van der Waals surface area contributed by atoms with Crippen LogP contribution >= 0.6 is 0 Å². The van der Waals surface area contributed by atoms with E-state index >= 15 is 0 Å². The van der Waals surface area contributed by atoms with Crippen molar-refractivity contribution in [2.24, 2.45) is 0 Å². The molecule has 0 aliphatic carbocycles. The first-order chi connectivity index (χ1) is 12.5. The van der Waals surface area contributed by atoms with Crippen LogP contribution in [0.15, 0.2) is 36.8 Å². The SMILES string of the molecule is Cc1cccc(Nc2ncnc3cnc(N4CCCCC4(C)O)nc23)c1. The van der Waals surface area contributed by atoms with Crippen molar-refractivity contribution in [1.29, 1.82) is 0 Å². The highest BCUT2D eigenvalue weighted by molar-refractivity contribution is 5.87. The smallest absolute Gasteiger partial charge is 0.228 e. The molecule has 7 nitrogen and oxygen atoms in total. The number of piperidine rings is 1. The van der Waals surface area contributed by atoms with Crippen LogP contribution in [0.25, 0.3) is 11.0 Å². The standard InChI is InChI=1S/C19H22N6O/c1-13-6-5-7-14(10-13)23-17-16-15(21-12-22-17)11-20-18(24-16)25-9-4-3-8-19(25,2)26/h5-7,10-12,26H,3-4,8-9H2,1-2H3,(H,21,22,23). The fraction of sp³-hybridized carbons (Fsp3) is 0.368. The molecule has 7 heteroatoms. The molecule has 4 rings (SSSR count). The van der Waals surface area contributed by atoms with Gasteiger partial charge in [0.25, 0.3) is 0 Å². The molecular formula is C19H22N6O. The van der Waals surface area contributed by atoms with E-state index in [1.165, 1.54) is 6.33 Å². The number of aliphatic hydroxyl groups is 1. The predicted molar refractivity (Wildman–Crippen MR) is 101 cm³/mol. The van der Waals surface area contributed by atoms with Gasteiger partial charge in [-0.05, 0) is 50.8 Å². The van der Waals surface area contributed by atoms with Crippen LogP contribution in [0.5, 0.6) is 0 Å². The number of fused-ring (bicyclic) bond motifs is 1. The molecule has 2 aromatic heterocycles. The molecule has 1 unspecified atom stereocenters. The molecule has 1 aliphatic heterocycles. The first kappa shape index (κ1) is 16.7. The molecule has 2 N–H and O–H groups in total. The first-order valence-corrected chi connectivity index (χ1v) is 8.84. The summed E-state index contributed by atoms with van der Waals surface area (Å²) in [6, 6.07) is 8.07. The van der Waals surface area contributed by atoms with Gasteiger partial charge >= 0.3 is 0 Å². The van der Waals surface area contributed by atoms with Crippen LogP contribution in [0, 0.1) is 6.92 Å². The van der Waals surface area contributed by atoms with Crippen LogP contribution in [-0.4, -0.2) is 37.3 Å². The lowest BCUT2D eigenvalue weighted by Crippen LogP contribution is -2.50. The maximum Gasteiger partial charge on any atom is 0.228 e. The molecule has 26 heavy (non-hydrogen) atoms. The van der Waals surface area contributed by atoms with Gasteiger partial charge in [0.2, 0.25) is 5.95 Å². The van der Waals surface area contributed by atoms with Crippen molar-refractivity contribution in [2.75, 3.05) is 16.8 Å². The van der Waals surface area contributed by atoms with E-state index in [1.807, 2.05) is 43.0 Å². The summed E-state index contributed by atoms with van der Waals surface area (Å²) in [7, 11) is 0.